The molecule has 17 heavy (non-hydrogen) atoms. The summed E-state index contributed by atoms with van der Waals surface area (Å²) in [5.41, 5.74) is 0. The van der Waals surface area contributed by atoms with Gasteiger partial charge in [0, 0.05) is 0 Å². The van der Waals surface area contributed by atoms with E-state index in [4.69, 9.17) is 0 Å². The first-order chi connectivity index (χ1) is 7.85. The Morgan fingerprint density at radius 3 is 1.24 bits per heavy atom. The van der Waals surface area contributed by atoms with Gasteiger partial charge in [0.05, 0.1) is 0 Å². The molecule has 0 aromatic heterocycles. The van der Waals surface area contributed by atoms with Crippen LogP contribution in [0.15, 0.2) is 25.3 Å². The molecule has 0 heterocycles. The van der Waals surface area contributed by atoms with E-state index < -0.39 is 7.87 Å². The number of hydrogen-bond donors (Lipinski definition) is 0. The quantitative estimate of drug-likeness (QED) is 0.487. The number of rotatable bonds is 8. The molecule has 0 saturated heterocycles. The molecule has 0 atom stereocenters. The van der Waals surface area contributed by atoms with Crippen molar-refractivity contribution in [1.29, 1.82) is 0 Å². The molecule has 0 aromatic rings. The standard InChI is InChI=1S/C12H29N4P/c1-9-11-16(12-10-2)17(13(3)4,14(5)6)15(7)8/h9-10,17H,1-2,11-12H2,3-8H3. The second-order valence-corrected chi connectivity index (χ2v) is 9.28. The van der Waals surface area contributed by atoms with Crippen molar-refractivity contribution in [3.63, 3.8) is 0 Å². The van der Waals surface area contributed by atoms with Crippen molar-refractivity contribution >= 4 is 7.87 Å². The minimum atomic E-state index is -2.01. The molecule has 0 aliphatic rings. The van der Waals surface area contributed by atoms with Gasteiger partial charge in [-0.3, -0.25) is 0 Å². The van der Waals surface area contributed by atoms with Gasteiger partial charge in [0.15, 0.2) is 0 Å². The molecule has 0 aliphatic carbocycles. The molecule has 0 N–H and O–H groups in total. The Morgan fingerprint density at radius 2 is 1.06 bits per heavy atom. The summed E-state index contributed by atoms with van der Waals surface area (Å²) < 4.78 is 9.45. The topological polar surface area (TPSA) is 13.0 Å². The van der Waals surface area contributed by atoms with E-state index >= 15 is 0 Å². The summed E-state index contributed by atoms with van der Waals surface area (Å²) in [7, 11) is 10.9. The summed E-state index contributed by atoms with van der Waals surface area (Å²) in [4.78, 5) is 0. The molecule has 0 amide bonds. The zero-order chi connectivity index (χ0) is 13.6. The van der Waals surface area contributed by atoms with Crippen LogP contribution in [-0.4, -0.2) is 74.1 Å². The van der Waals surface area contributed by atoms with Crippen LogP contribution < -0.4 is 0 Å². The van der Waals surface area contributed by atoms with E-state index in [-0.39, 0.29) is 0 Å². The Morgan fingerprint density at radius 1 is 0.765 bits per heavy atom. The van der Waals surface area contributed by atoms with Crippen LogP contribution in [0.5, 0.6) is 0 Å². The fourth-order valence-corrected chi connectivity index (χ4v) is 7.52. The molecule has 0 radical (unpaired) electrons. The van der Waals surface area contributed by atoms with Crippen LogP contribution in [0.3, 0.4) is 0 Å². The van der Waals surface area contributed by atoms with Gasteiger partial charge in [-0.1, -0.05) is 0 Å². The molecule has 0 fully saturated rings. The molecule has 0 saturated carbocycles. The van der Waals surface area contributed by atoms with Crippen LogP contribution in [0.2, 0.25) is 0 Å². The average Bonchev–Trinajstić information content (AvgIpc) is 2.17. The van der Waals surface area contributed by atoms with E-state index in [1.807, 2.05) is 12.2 Å². The number of hydrogen-bond acceptors (Lipinski definition) is 4. The van der Waals surface area contributed by atoms with E-state index in [0.717, 1.165) is 13.1 Å². The van der Waals surface area contributed by atoms with E-state index in [9.17, 15) is 0 Å². The van der Waals surface area contributed by atoms with Gasteiger partial charge in [-0.25, -0.2) is 0 Å². The third-order valence-electron chi connectivity index (χ3n) is 2.92. The molecular weight excluding hydrogens is 231 g/mol. The first-order valence-corrected chi connectivity index (χ1v) is 7.63. The molecule has 0 spiro atoms. The Bertz CT molecular complexity index is 219. The fourth-order valence-electron chi connectivity index (χ4n) is 2.68. The Hall–Kier alpha value is -0.250. The van der Waals surface area contributed by atoms with Crippen molar-refractivity contribution < 1.29 is 0 Å². The fraction of sp³-hybridized carbons (Fsp3) is 0.667. The molecule has 5 heteroatoms. The molecule has 0 unspecified atom stereocenters. The molecular formula is C12H29N4P. The van der Waals surface area contributed by atoms with Crippen LogP contribution in [-0.2, 0) is 0 Å². The van der Waals surface area contributed by atoms with Crippen molar-refractivity contribution in [3.8, 4) is 0 Å². The third kappa shape index (κ3) is 3.36. The Balaban J connectivity index is 5.49. The summed E-state index contributed by atoms with van der Waals surface area (Å²) in [5.74, 6) is 0. The molecule has 4 nitrogen and oxygen atoms in total. The van der Waals surface area contributed by atoms with E-state index in [1.54, 1.807) is 0 Å². The van der Waals surface area contributed by atoms with E-state index in [2.05, 4.69) is 74.1 Å². The Labute approximate surface area is 108 Å². The summed E-state index contributed by atoms with van der Waals surface area (Å²) >= 11 is 0. The molecule has 0 rings (SSSR count). The van der Waals surface area contributed by atoms with Gasteiger partial charge in [0.25, 0.3) is 0 Å². The SMILES string of the molecule is C=CCN(CC=C)[PH](N(C)C)(N(C)C)N(C)C. The van der Waals surface area contributed by atoms with Crippen molar-refractivity contribution in [2.24, 2.45) is 0 Å². The van der Waals surface area contributed by atoms with Crippen LogP contribution >= 0.6 is 7.87 Å². The van der Waals surface area contributed by atoms with Crippen LogP contribution in [0, 0.1) is 0 Å². The first kappa shape index (κ1) is 16.8. The molecule has 0 aromatic carbocycles. The zero-order valence-corrected chi connectivity index (χ0v) is 13.3. The van der Waals surface area contributed by atoms with Gasteiger partial charge in [0.2, 0.25) is 0 Å². The zero-order valence-electron chi connectivity index (χ0n) is 12.3. The predicted molar refractivity (Wildman–Crippen MR) is 81.3 cm³/mol. The average molecular weight is 260 g/mol. The van der Waals surface area contributed by atoms with Crippen molar-refractivity contribution in [3.05, 3.63) is 25.3 Å². The predicted octanol–water partition coefficient (Wildman–Crippen LogP) is 1.76. The van der Waals surface area contributed by atoms with Gasteiger partial charge >= 0.3 is 107 Å². The van der Waals surface area contributed by atoms with Crippen molar-refractivity contribution in [2.45, 2.75) is 0 Å². The second kappa shape index (κ2) is 7.24. The van der Waals surface area contributed by atoms with Gasteiger partial charge in [-0.2, -0.15) is 0 Å². The maximum absolute atomic E-state index is 3.86. The summed E-state index contributed by atoms with van der Waals surface area (Å²) in [6.45, 7) is 9.47. The monoisotopic (exact) mass is 260 g/mol. The number of nitrogens with zero attached hydrogens (tertiary/aromatic N) is 4. The molecule has 0 aliphatic heterocycles. The summed E-state index contributed by atoms with van der Waals surface area (Å²) in [6.07, 6.45) is 3.92. The third-order valence-corrected chi connectivity index (χ3v) is 7.74. The summed E-state index contributed by atoms with van der Waals surface area (Å²) in [5, 5.41) is 0. The first-order valence-electron chi connectivity index (χ1n) is 5.84. The van der Waals surface area contributed by atoms with E-state index in [0.29, 0.717) is 0 Å². The van der Waals surface area contributed by atoms with Crippen molar-refractivity contribution in [2.75, 3.05) is 55.4 Å². The van der Waals surface area contributed by atoms with Crippen molar-refractivity contribution in [1.82, 2.24) is 18.7 Å². The minimum absolute atomic E-state index is 0.868. The van der Waals surface area contributed by atoms with Gasteiger partial charge in [0.1, 0.15) is 0 Å². The second-order valence-electron chi connectivity index (χ2n) is 4.77. The van der Waals surface area contributed by atoms with Crippen LogP contribution in [0.4, 0.5) is 0 Å². The van der Waals surface area contributed by atoms with Crippen LogP contribution in [0.1, 0.15) is 0 Å². The maximum atomic E-state index is 3.86. The van der Waals surface area contributed by atoms with Gasteiger partial charge in [-0.15, -0.1) is 0 Å². The molecule has 0 bridgehead atoms. The Kier molecular flexibility index (Phi) is 7.14. The normalized spacial score (nSPS) is 13.8. The van der Waals surface area contributed by atoms with Crippen LogP contribution in [0.25, 0.3) is 0 Å². The van der Waals surface area contributed by atoms with Gasteiger partial charge in [-0.05, 0) is 0 Å². The van der Waals surface area contributed by atoms with Gasteiger partial charge < -0.3 is 0 Å². The van der Waals surface area contributed by atoms with E-state index in [1.165, 1.54) is 0 Å². The summed E-state index contributed by atoms with van der Waals surface area (Å²) in [6, 6.07) is 0. The molecule has 102 valence electrons.